The molecule has 190 valence electrons. The number of carbonyl (C=O) groups excluding carboxylic acids is 1. The van der Waals surface area contributed by atoms with Gasteiger partial charge < -0.3 is 19.3 Å². The molecule has 1 aliphatic heterocycles. The summed E-state index contributed by atoms with van der Waals surface area (Å²) in [5, 5.41) is 7.39. The third-order valence-corrected chi connectivity index (χ3v) is 6.03. The van der Waals surface area contributed by atoms with E-state index in [-0.39, 0.29) is 12.1 Å². The highest BCUT2D eigenvalue weighted by atomic mass is 16.5. The Hall–Kier alpha value is -3.65. The van der Waals surface area contributed by atoms with E-state index in [0.717, 1.165) is 33.7 Å². The zero-order chi connectivity index (χ0) is 25.7. The Labute approximate surface area is 212 Å². The molecule has 4 rings (SSSR count). The molecule has 0 fully saturated rings. The topological polar surface area (TPSA) is 89.7 Å². The number of hydrogen-bond donors (Lipinski definition) is 1. The lowest BCUT2D eigenvalue weighted by Crippen LogP contribution is -2.46. The summed E-state index contributed by atoms with van der Waals surface area (Å²) in [5.41, 5.74) is 4.44. The number of urea groups is 1. The van der Waals surface area contributed by atoms with E-state index in [2.05, 4.69) is 10.5 Å². The van der Waals surface area contributed by atoms with Crippen LogP contribution in [0.1, 0.15) is 57.2 Å². The predicted molar refractivity (Wildman–Crippen MR) is 138 cm³/mol. The molecule has 0 saturated carbocycles. The van der Waals surface area contributed by atoms with Crippen LogP contribution in [0.4, 0.5) is 4.79 Å². The Kier molecular flexibility index (Phi) is 8.05. The molecule has 0 spiro atoms. The lowest BCUT2D eigenvalue weighted by molar-refractivity contribution is 0.0736. The standard InChI is InChI=1S/C28H34N4O4/c1-6-34-23-13-11-21(12-14-23)25-24(20(5)32(28(33)29-25)15-8-16-35-18(2)3)27-30-26(31-36-27)22-10-7-9-19(4)17-22/h7,9-14,17-18,25H,6,8,15-16H2,1-5H3,(H,29,33). The molecule has 3 aromatic rings. The van der Waals surface area contributed by atoms with Gasteiger partial charge in [-0.1, -0.05) is 41.1 Å². The molecule has 1 unspecified atom stereocenters. The van der Waals surface area contributed by atoms with Gasteiger partial charge in [-0.25, -0.2) is 4.79 Å². The number of hydrogen-bond acceptors (Lipinski definition) is 6. The quantitative estimate of drug-likeness (QED) is 0.364. The van der Waals surface area contributed by atoms with Crippen molar-refractivity contribution in [2.24, 2.45) is 0 Å². The average Bonchev–Trinajstić information content (AvgIpc) is 3.33. The van der Waals surface area contributed by atoms with Gasteiger partial charge in [0, 0.05) is 24.4 Å². The highest BCUT2D eigenvalue weighted by Gasteiger charge is 2.35. The molecule has 0 aliphatic carbocycles. The molecule has 1 N–H and O–H groups in total. The van der Waals surface area contributed by atoms with Crippen molar-refractivity contribution in [3.8, 4) is 17.1 Å². The fourth-order valence-corrected chi connectivity index (χ4v) is 4.28. The smallest absolute Gasteiger partial charge is 0.322 e. The lowest BCUT2D eigenvalue weighted by atomic mass is 9.94. The second kappa shape index (κ2) is 11.4. The van der Waals surface area contributed by atoms with E-state index in [9.17, 15) is 4.79 Å². The summed E-state index contributed by atoms with van der Waals surface area (Å²) in [6.45, 7) is 11.6. The molecule has 1 aliphatic rings. The van der Waals surface area contributed by atoms with Gasteiger partial charge in [0.2, 0.25) is 5.82 Å². The number of carbonyl (C=O) groups is 1. The molecule has 1 atom stereocenters. The first-order valence-corrected chi connectivity index (χ1v) is 12.4. The van der Waals surface area contributed by atoms with Crippen LogP contribution in [0.5, 0.6) is 5.75 Å². The molecule has 2 heterocycles. The number of aromatic nitrogens is 2. The maximum Gasteiger partial charge on any atom is 0.322 e. The van der Waals surface area contributed by atoms with E-state index in [1.807, 2.05) is 83.1 Å². The molecular weight excluding hydrogens is 456 g/mol. The van der Waals surface area contributed by atoms with Crippen LogP contribution in [-0.2, 0) is 4.74 Å². The highest BCUT2D eigenvalue weighted by molar-refractivity contribution is 5.86. The number of amides is 2. The first kappa shape index (κ1) is 25.4. The van der Waals surface area contributed by atoms with E-state index < -0.39 is 6.04 Å². The van der Waals surface area contributed by atoms with Crippen molar-refractivity contribution >= 4 is 11.6 Å². The number of allylic oxidation sites excluding steroid dienone is 1. The number of benzene rings is 2. The van der Waals surface area contributed by atoms with Crippen molar-refractivity contribution in [1.82, 2.24) is 20.4 Å². The SMILES string of the molecule is CCOc1ccc(C2NC(=O)N(CCCOC(C)C)C(C)=C2c2nc(-c3cccc(C)c3)no2)cc1. The van der Waals surface area contributed by atoms with Crippen LogP contribution in [0.2, 0.25) is 0 Å². The minimum atomic E-state index is -0.442. The summed E-state index contributed by atoms with van der Waals surface area (Å²) in [6.07, 6.45) is 0.859. The predicted octanol–water partition coefficient (Wildman–Crippen LogP) is 5.76. The van der Waals surface area contributed by atoms with Crippen LogP contribution in [-0.4, -0.2) is 46.9 Å². The van der Waals surface area contributed by atoms with Crippen LogP contribution in [0.25, 0.3) is 17.0 Å². The van der Waals surface area contributed by atoms with Gasteiger partial charge >= 0.3 is 6.03 Å². The van der Waals surface area contributed by atoms with Crippen LogP contribution >= 0.6 is 0 Å². The Balaban J connectivity index is 1.70. The molecule has 0 saturated heterocycles. The molecule has 2 aromatic carbocycles. The van der Waals surface area contributed by atoms with Gasteiger partial charge in [-0.3, -0.25) is 4.90 Å². The van der Waals surface area contributed by atoms with Gasteiger partial charge in [-0.2, -0.15) is 4.98 Å². The van der Waals surface area contributed by atoms with Gasteiger partial charge in [-0.15, -0.1) is 0 Å². The molecule has 1 aromatic heterocycles. The first-order chi connectivity index (χ1) is 17.4. The van der Waals surface area contributed by atoms with Gasteiger partial charge in [-0.05, 0) is 64.8 Å². The second-order valence-electron chi connectivity index (χ2n) is 9.10. The summed E-state index contributed by atoms with van der Waals surface area (Å²) in [7, 11) is 0. The third-order valence-electron chi connectivity index (χ3n) is 6.03. The normalized spacial score (nSPS) is 16.0. The Bertz CT molecular complexity index is 1220. The summed E-state index contributed by atoms with van der Waals surface area (Å²) in [6, 6.07) is 15.1. The fourth-order valence-electron chi connectivity index (χ4n) is 4.28. The molecule has 8 heteroatoms. The number of nitrogens with one attached hydrogen (secondary N) is 1. The van der Waals surface area contributed by atoms with E-state index in [4.69, 9.17) is 19.0 Å². The van der Waals surface area contributed by atoms with E-state index in [1.54, 1.807) is 4.90 Å². The van der Waals surface area contributed by atoms with Crippen LogP contribution in [0.15, 0.2) is 58.8 Å². The van der Waals surface area contributed by atoms with Gasteiger partial charge in [0.25, 0.3) is 5.89 Å². The molecule has 0 radical (unpaired) electrons. The number of rotatable bonds is 10. The lowest BCUT2D eigenvalue weighted by Gasteiger charge is -2.35. The van der Waals surface area contributed by atoms with E-state index in [1.165, 1.54) is 0 Å². The maximum atomic E-state index is 13.2. The van der Waals surface area contributed by atoms with E-state index in [0.29, 0.717) is 37.9 Å². The van der Waals surface area contributed by atoms with E-state index >= 15 is 0 Å². The molecule has 2 amide bonds. The summed E-state index contributed by atoms with van der Waals surface area (Å²) >= 11 is 0. The summed E-state index contributed by atoms with van der Waals surface area (Å²) in [5.74, 6) is 1.66. The van der Waals surface area contributed by atoms with Crippen molar-refractivity contribution in [3.63, 3.8) is 0 Å². The number of nitrogens with zero attached hydrogens (tertiary/aromatic N) is 3. The van der Waals surface area contributed by atoms with Crippen LogP contribution in [0.3, 0.4) is 0 Å². The minimum absolute atomic E-state index is 0.148. The van der Waals surface area contributed by atoms with Crippen molar-refractivity contribution < 1.29 is 18.8 Å². The number of ether oxygens (including phenoxy) is 2. The Morgan fingerprint density at radius 1 is 1.14 bits per heavy atom. The molecule has 0 bridgehead atoms. The maximum absolute atomic E-state index is 13.2. The Morgan fingerprint density at radius 2 is 1.92 bits per heavy atom. The van der Waals surface area contributed by atoms with Crippen molar-refractivity contribution in [3.05, 3.63) is 71.2 Å². The second-order valence-corrected chi connectivity index (χ2v) is 9.10. The zero-order valence-electron chi connectivity index (χ0n) is 21.6. The monoisotopic (exact) mass is 490 g/mol. The minimum Gasteiger partial charge on any atom is -0.494 e. The Morgan fingerprint density at radius 3 is 2.61 bits per heavy atom. The van der Waals surface area contributed by atoms with Crippen molar-refractivity contribution in [2.75, 3.05) is 19.8 Å². The largest absolute Gasteiger partial charge is 0.494 e. The third kappa shape index (κ3) is 5.76. The zero-order valence-corrected chi connectivity index (χ0v) is 21.6. The summed E-state index contributed by atoms with van der Waals surface area (Å²) < 4.78 is 17.0. The van der Waals surface area contributed by atoms with Crippen LogP contribution < -0.4 is 10.1 Å². The molecule has 36 heavy (non-hydrogen) atoms. The van der Waals surface area contributed by atoms with Crippen LogP contribution in [0, 0.1) is 6.92 Å². The summed E-state index contributed by atoms with van der Waals surface area (Å²) in [4.78, 5) is 19.6. The average molecular weight is 491 g/mol. The first-order valence-electron chi connectivity index (χ1n) is 12.4. The van der Waals surface area contributed by atoms with Crippen molar-refractivity contribution in [1.29, 1.82) is 0 Å². The van der Waals surface area contributed by atoms with Gasteiger partial charge in [0.15, 0.2) is 0 Å². The molecule has 8 nitrogen and oxygen atoms in total. The fraction of sp³-hybridized carbons (Fsp3) is 0.393. The van der Waals surface area contributed by atoms with Gasteiger partial charge in [0.1, 0.15) is 5.75 Å². The molecular formula is C28H34N4O4. The van der Waals surface area contributed by atoms with Crippen molar-refractivity contribution in [2.45, 2.75) is 53.2 Å². The highest BCUT2D eigenvalue weighted by Crippen LogP contribution is 2.38. The number of aryl methyl sites for hydroxylation is 1. The van der Waals surface area contributed by atoms with Gasteiger partial charge in [0.05, 0.1) is 24.3 Å².